The van der Waals surface area contributed by atoms with Crippen molar-refractivity contribution in [1.82, 2.24) is 15.1 Å². The summed E-state index contributed by atoms with van der Waals surface area (Å²) in [5, 5.41) is 7.90. The maximum Gasteiger partial charge on any atom is 0.242 e. The van der Waals surface area contributed by atoms with Crippen molar-refractivity contribution in [2.24, 2.45) is 0 Å². The number of ether oxygens (including phenoxy) is 1. The average Bonchev–Trinajstić information content (AvgIpc) is 3.03. The Morgan fingerprint density at radius 2 is 2.04 bits per heavy atom. The van der Waals surface area contributed by atoms with E-state index in [0.29, 0.717) is 30.4 Å². The fraction of sp³-hybridized carbons (Fsp3) is 0.526. The minimum Gasteiger partial charge on any atom is -0.422 e. The van der Waals surface area contributed by atoms with E-state index < -0.39 is 0 Å². The van der Waals surface area contributed by atoms with Gasteiger partial charge in [-0.1, -0.05) is 39.0 Å². The van der Waals surface area contributed by atoms with Crippen LogP contribution in [0.25, 0.3) is 0 Å². The van der Waals surface area contributed by atoms with Crippen LogP contribution in [0.15, 0.2) is 28.7 Å². The third-order valence-corrected chi connectivity index (χ3v) is 4.54. The molecular formula is C19H24FN3O3. The fourth-order valence-electron chi connectivity index (χ4n) is 2.87. The monoisotopic (exact) mass is 361 g/mol. The summed E-state index contributed by atoms with van der Waals surface area (Å²) >= 11 is 0. The first-order valence-corrected chi connectivity index (χ1v) is 8.90. The Morgan fingerprint density at radius 1 is 1.31 bits per heavy atom. The molecule has 0 saturated carbocycles. The van der Waals surface area contributed by atoms with Crippen LogP contribution in [0, 0.1) is 5.82 Å². The lowest BCUT2D eigenvalue weighted by Crippen LogP contribution is -2.54. The zero-order valence-corrected chi connectivity index (χ0v) is 15.3. The van der Waals surface area contributed by atoms with Gasteiger partial charge in [0.2, 0.25) is 17.7 Å². The number of hydrogen-bond acceptors (Lipinski definition) is 5. The van der Waals surface area contributed by atoms with Crippen LogP contribution in [0.1, 0.15) is 56.4 Å². The third-order valence-electron chi connectivity index (χ3n) is 4.54. The number of aromatic nitrogens is 2. The standard InChI is InChI=1S/C19H24FN3O3/c1-12(2)19-22-21-17(26-19)11-25-14-9-23(10-14)18(24)8-13(3)15-6-4-5-7-16(15)20/h4-7,12-14H,8-11H2,1-3H3. The molecule has 1 fully saturated rings. The van der Waals surface area contributed by atoms with E-state index >= 15 is 0 Å². The first kappa shape index (κ1) is 18.5. The fourth-order valence-corrected chi connectivity index (χ4v) is 2.87. The molecule has 1 aliphatic rings. The Labute approximate surface area is 152 Å². The molecule has 0 aliphatic carbocycles. The summed E-state index contributed by atoms with van der Waals surface area (Å²) in [4.78, 5) is 14.1. The number of likely N-dealkylation sites (tertiary alicyclic amines) is 1. The van der Waals surface area contributed by atoms with E-state index in [1.807, 2.05) is 20.8 Å². The summed E-state index contributed by atoms with van der Waals surface area (Å²) in [5.74, 6) is 0.822. The molecule has 2 heterocycles. The SMILES string of the molecule is CC(C)c1nnc(COC2CN(C(=O)CC(C)c3ccccc3F)C2)o1. The summed E-state index contributed by atoms with van der Waals surface area (Å²) < 4.78 is 25.0. The summed E-state index contributed by atoms with van der Waals surface area (Å²) in [7, 11) is 0. The van der Waals surface area contributed by atoms with E-state index in [0.717, 1.165) is 0 Å². The largest absolute Gasteiger partial charge is 0.422 e. The molecule has 1 aromatic carbocycles. The van der Waals surface area contributed by atoms with Gasteiger partial charge in [-0.2, -0.15) is 0 Å². The number of nitrogens with zero attached hydrogens (tertiary/aromatic N) is 3. The van der Waals surface area contributed by atoms with E-state index in [1.54, 1.807) is 23.1 Å². The third kappa shape index (κ3) is 4.27. The van der Waals surface area contributed by atoms with Crippen LogP contribution in [0.5, 0.6) is 0 Å². The van der Waals surface area contributed by atoms with Crippen molar-refractivity contribution < 1.29 is 18.3 Å². The Morgan fingerprint density at radius 3 is 2.69 bits per heavy atom. The molecule has 1 atom stereocenters. The van der Waals surface area contributed by atoms with E-state index in [2.05, 4.69) is 10.2 Å². The molecule has 0 bridgehead atoms. The molecule has 0 radical (unpaired) electrons. The van der Waals surface area contributed by atoms with Gasteiger partial charge in [-0.15, -0.1) is 10.2 Å². The second-order valence-electron chi connectivity index (χ2n) is 7.05. The lowest BCUT2D eigenvalue weighted by atomic mass is 9.96. The molecule has 1 saturated heterocycles. The Bertz CT molecular complexity index is 756. The Hall–Kier alpha value is -2.28. The first-order chi connectivity index (χ1) is 12.4. The van der Waals surface area contributed by atoms with Gasteiger partial charge in [0, 0.05) is 25.4 Å². The molecule has 3 rings (SSSR count). The second-order valence-corrected chi connectivity index (χ2v) is 7.05. The van der Waals surface area contributed by atoms with Crippen LogP contribution in [0.3, 0.4) is 0 Å². The summed E-state index contributed by atoms with van der Waals surface area (Å²) in [6.07, 6.45) is 0.256. The van der Waals surface area contributed by atoms with E-state index in [4.69, 9.17) is 9.15 Å². The highest BCUT2D eigenvalue weighted by Gasteiger charge is 2.32. The average molecular weight is 361 g/mol. The van der Waals surface area contributed by atoms with E-state index in [1.165, 1.54) is 6.07 Å². The van der Waals surface area contributed by atoms with Crippen LogP contribution in [0.4, 0.5) is 4.39 Å². The predicted octanol–water partition coefficient (Wildman–Crippen LogP) is 3.25. The Balaban J connectivity index is 1.41. The van der Waals surface area contributed by atoms with Gasteiger partial charge in [-0.25, -0.2) is 4.39 Å². The molecule has 0 spiro atoms. The molecule has 7 heteroatoms. The quantitative estimate of drug-likeness (QED) is 0.757. The predicted molar refractivity (Wildman–Crippen MR) is 93.0 cm³/mol. The molecule has 2 aromatic rings. The van der Waals surface area contributed by atoms with Gasteiger partial charge < -0.3 is 14.1 Å². The van der Waals surface area contributed by atoms with Crippen molar-refractivity contribution in [1.29, 1.82) is 0 Å². The van der Waals surface area contributed by atoms with Crippen molar-refractivity contribution in [2.75, 3.05) is 13.1 Å². The number of amides is 1. The van der Waals surface area contributed by atoms with Gasteiger partial charge in [-0.05, 0) is 17.5 Å². The number of hydrogen-bond donors (Lipinski definition) is 0. The molecule has 0 N–H and O–H groups in total. The zero-order chi connectivity index (χ0) is 18.7. The van der Waals surface area contributed by atoms with Crippen molar-refractivity contribution in [3.05, 3.63) is 47.4 Å². The van der Waals surface area contributed by atoms with Gasteiger partial charge in [-0.3, -0.25) is 4.79 Å². The molecule has 1 amide bonds. The molecule has 6 nitrogen and oxygen atoms in total. The smallest absolute Gasteiger partial charge is 0.242 e. The van der Waals surface area contributed by atoms with Crippen LogP contribution >= 0.6 is 0 Å². The van der Waals surface area contributed by atoms with Gasteiger partial charge >= 0.3 is 0 Å². The van der Waals surface area contributed by atoms with Gasteiger partial charge in [0.05, 0.1) is 6.10 Å². The topological polar surface area (TPSA) is 68.5 Å². The van der Waals surface area contributed by atoms with Crippen molar-refractivity contribution >= 4 is 5.91 Å². The lowest BCUT2D eigenvalue weighted by Gasteiger charge is -2.39. The normalized spacial score (nSPS) is 16.0. The lowest BCUT2D eigenvalue weighted by molar-refractivity contribution is -0.146. The molecule has 1 aliphatic heterocycles. The van der Waals surface area contributed by atoms with Crippen LogP contribution in [-0.4, -0.2) is 40.2 Å². The summed E-state index contributed by atoms with van der Waals surface area (Å²) in [5.41, 5.74) is 0.575. The van der Waals surface area contributed by atoms with Crippen molar-refractivity contribution in [3.63, 3.8) is 0 Å². The van der Waals surface area contributed by atoms with Crippen LogP contribution in [0.2, 0.25) is 0 Å². The van der Waals surface area contributed by atoms with Crippen molar-refractivity contribution in [2.45, 2.75) is 51.7 Å². The number of carbonyl (C=O) groups excluding carboxylic acids is 1. The molecule has 140 valence electrons. The Kier molecular flexibility index (Phi) is 5.66. The zero-order valence-electron chi connectivity index (χ0n) is 15.3. The highest BCUT2D eigenvalue weighted by atomic mass is 19.1. The minimum atomic E-state index is -0.266. The van der Waals surface area contributed by atoms with Crippen LogP contribution < -0.4 is 0 Å². The molecule has 26 heavy (non-hydrogen) atoms. The first-order valence-electron chi connectivity index (χ1n) is 8.90. The highest BCUT2D eigenvalue weighted by Crippen LogP contribution is 2.24. The summed E-state index contributed by atoms with van der Waals surface area (Å²) in [6, 6.07) is 6.59. The number of carbonyl (C=O) groups is 1. The second kappa shape index (κ2) is 7.95. The number of rotatable bonds is 7. The van der Waals surface area contributed by atoms with Gasteiger partial charge in [0.15, 0.2) is 0 Å². The summed E-state index contributed by atoms with van der Waals surface area (Å²) in [6.45, 7) is 7.15. The minimum absolute atomic E-state index is 0.0143. The van der Waals surface area contributed by atoms with Crippen LogP contribution in [-0.2, 0) is 16.1 Å². The molecular weight excluding hydrogens is 337 g/mol. The highest BCUT2D eigenvalue weighted by molar-refractivity contribution is 5.78. The number of benzene rings is 1. The van der Waals surface area contributed by atoms with Gasteiger partial charge in [0.25, 0.3) is 0 Å². The molecule has 1 unspecified atom stereocenters. The van der Waals surface area contributed by atoms with Gasteiger partial charge in [0.1, 0.15) is 12.4 Å². The van der Waals surface area contributed by atoms with E-state index in [-0.39, 0.29) is 42.7 Å². The van der Waals surface area contributed by atoms with E-state index in [9.17, 15) is 9.18 Å². The maximum absolute atomic E-state index is 13.8. The molecule has 1 aromatic heterocycles. The number of halogens is 1. The maximum atomic E-state index is 13.8. The van der Waals surface area contributed by atoms with Crippen molar-refractivity contribution in [3.8, 4) is 0 Å².